The Hall–Kier alpha value is -1.84. The summed E-state index contributed by atoms with van der Waals surface area (Å²) in [6.07, 6.45) is 11.6. The normalized spacial score (nSPS) is 15.0. The smallest absolute Gasteiger partial charge is 0.200 e. The Balaban J connectivity index is 1.67. The van der Waals surface area contributed by atoms with E-state index in [1.54, 1.807) is 18.5 Å². The first-order chi connectivity index (χ1) is 7.84. The number of carbonyl (C=O) groups excluding carboxylic acids is 1. The summed E-state index contributed by atoms with van der Waals surface area (Å²) in [4.78, 5) is 18.2. The molecule has 1 heterocycles. The van der Waals surface area contributed by atoms with Gasteiger partial charge in [0.1, 0.15) is 0 Å². The van der Waals surface area contributed by atoms with Gasteiger partial charge < -0.3 is 10.3 Å². The molecule has 0 saturated heterocycles. The minimum Gasteiger partial charge on any atom is -0.356 e. The van der Waals surface area contributed by atoms with Crippen LogP contribution in [0.2, 0.25) is 0 Å². The number of imidazole rings is 1. The van der Waals surface area contributed by atoms with Crippen molar-refractivity contribution in [1.82, 2.24) is 9.97 Å². The molecule has 0 spiro atoms. The van der Waals surface area contributed by atoms with Gasteiger partial charge in [-0.2, -0.15) is 0 Å². The molecule has 1 aliphatic rings. The van der Waals surface area contributed by atoms with Gasteiger partial charge in [-0.05, 0) is 18.9 Å². The molecule has 0 saturated carbocycles. The van der Waals surface area contributed by atoms with Gasteiger partial charge in [0, 0.05) is 25.4 Å². The fourth-order valence-electron chi connectivity index (χ4n) is 1.69. The lowest BCUT2D eigenvalue weighted by Gasteiger charge is -2.08. The Morgan fingerprint density at radius 1 is 1.50 bits per heavy atom. The molecule has 4 nitrogen and oxygen atoms in total. The maximum atomic E-state index is 11.1. The molecule has 0 bridgehead atoms. The van der Waals surface area contributed by atoms with E-state index in [2.05, 4.69) is 15.3 Å². The predicted molar refractivity (Wildman–Crippen MR) is 63.2 cm³/mol. The second kappa shape index (κ2) is 5.30. The average molecular weight is 217 g/mol. The zero-order valence-electron chi connectivity index (χ0n) is 9.07. The molecular weight excluding hydrogens is 202 g/mol. The summed E-state index contributed by atoms with van der Waals surface area (Å²) in [6.45, 7) is 0.864. The topological polar surface area (TPSA) is 57.8 Å². The number of allylic oxidation sites excluding steroid dienone is 4. The highest BCUT2D eigenvalue weighted by Gasteiger charge is 2.06. The molecule has 1 aromatic rings. The maximum absolute atomic E-state index is 11.1. The van der Waals surface area contributed by atoms with Crippen LogP contribution in [0.3, 0.4) is 0 Å². The molecule has 0 fully saturated rings. The highest BCUT2D eigenvalue weighted by molar-refractivity contribution is 5.92. The summed E-state index contributed by atoms with van der Waals surface area (Å²) in [6, 6.07) is 0. The van der Waals surface area contributed by atoms with Crippen molar-refractivity contribution in [2.75, 3.05) is 11.9 Å². The number of anilines is 1. The number of carbonyl (C=O) groups is 1. The molecule has 16 heavy (non-hydrogen) atoms. The van der Waals surface area contributed by atoms with Crippen LogP contribution in [-0.4, -0.2) is 22.3 Å². The number of ketones is 1. The number of hydrogen-bond acceptors (Lipinski definition) is 3. The maximum Gasteiger partial charge on any atom is 0.200 e. The van der Waals surface area contributed by atoms with Crippen LogP contribution < -0.4 is 5.32 Å². The lowest BCUT2D eigenvalue weighted by molar-refractivity contribution is -0.114. The highest BCUT2D eigenvalue weighted by Crippen LogP contribution is 2.14. The summed E-state index contributed by atoms with van der Waals surface area (Å²) >= 11 is 0. The molecule has 1 aliphatic carbocycles. The predicted octanol–water partition coefficient (Wildman–Crippen LogP) is 2.06. The van der Waals surface area contributed by atoms with Gasteiger partial charge >= 0.3 is 0 Å². The number of rotatable bonds is 5. The summed E-state index contributed by atoms with van der Waals surface area (Å²) < 4.78 is 0. The third kappa shape index (κ3) is 3.08. The number of aromatic nitrogens is 2. The first-order valence-corrected chi connectivity index (χ1v) is 5.47. The van der Waals surface area contributed by atoms with Crippen LogP contribution in [0.4, 0.5) is 5.95 Å². The van der Waals surface area contributed by atoms with E-state index in [1.165, 1.54) is 5.57 Å². The van der Waals surface area contributed by atoms with E-state index >= 15 is 0 Å². The molecule has 2 rings (SSSR count). The van der Waals surface area contributed by atoms with Crippen molar-refractivity contribution in [2.45, 2.75) is 19.3 Å². The molecule has 0 aliphatic heterocycles. The minimum absolute atomic E-state index is 0.205. The van der Waals surface area contributed by atoms with Gasteiger partial charge in [-0.15, -0.1) is 0 Å². The van der Waals surface area contributed by atoms with Gasteiger partial charge in [0.15, 0.2) is 11.7 Å². The van der Waals surface area contributed by atoms with E-state index in [4.69, 9.17) is 0 Å². The molecule has 4 heteroatoms. The van der Waals surface area contributed by atoms with E-state index < -0.39 is 0 Å². The Labute approximate surface area is 94.5 Å². The van der Waals surface area contributed by atoms with Gasteiger partial charge in [-0.1, -0.05) is 17.7 Å². The lowest BCUT2D eigenvalue weighted by Crippen LogP contribution is -2.05. The van der Waals surface area contributed by atoms with Crippen LogP contribution in [0.15, 0.2) is 36.2 Å². The molecule has 0 aromatic carbocycles. The van der Waals surface area contributed by atoms with Gasteiger partial charge in [0.2, 0.25) is 0 Å². The van der Waals surface area contributed by atoms with Crippen LogP contribution in [-0.2, 0) is 4.79 Å². The van der Waals surface area contributed by atoms with Crippen molar-refractivity contribution in [3.05, 3.63) is 36.2 Å². The molecule has 1 aromatic heterocycles. The highest BCUT2D eigenvalue weighted by atomic mass is 16.1. The number of nitrogens with one attached hydrogen (secondary N) is 2. The fourth-order valence-corrected chi connectivity index (χ4v) is 1.69. The van der Waals surface area contributed by atoms with Crippen molar-refractivity contribution in [1.29, 1.82) is 0 Å². The van der Waals surface area contributed by atoms with Gasteiger partial charge in [-0.3, -0.25) is 4.79 Å². The zero-order valence-corrected chi connectivity index (χ0v) is 9.07. The van der Waals surface area contributed by atoms with Crippen LogP contribution in [0.1, 0.15) is 19.3 Å². The largest absolute Gasteiger partial charge is 0.356 e. The molecule has 0 amide bonds. The molecule has 2 N–H and O–H groups in total. The van der Waals surface area contributed by atoms with Crippen molar-refractivity contribution in [2.24, 2.45) is 0 Å². The summed E-state index contributed by atoms with van der Waals surface area (Å²) in [5.74, 6) is 1.00. The second-order valence-corrected chi connectivity index (χ2v) is 3.80. The van der Waals surface area contributed by atoms with Crippen LogP contribution in [0.25, 0.3) is 0 Å². The quantitative estimate of drug-likeness (QED) is 0.742. The van der Waals surface area contributed by atoms with E-state index in [1.807, 2.05) is 12.2 Å². The lowest BCUT2D eigenvalue weighted by atomic mass is 10.00. The Morgan fingerprint density at radius 2 is 2.44 bits per heavy atom. The van der Waals surface area contributed by atoms with E-state index in [9.17, 15) is 4.79 Å². The molecule has 84 valence electrons. The molecule has 0 atom stereocenters. The molecule has 0 radical (unpaired) electrons. The van der Waals surface area contributed by atoms with Gasteiger partial charge in [0.05, 0.1) is 0 Å². The van der Waals surface area contributed by atoms with Crippen molar-refractivity contribution < 1.29 is 4.79 Å². The zero-order chi connectivity index (χ0) is 11.2. The number of nitrogens with zero attached hydrogens (tertiary/aromatic N) is 1. The SMILES string of the molecule is O=C1C=CC=C(CCCNc2ncc[nH]2)C1. The minimum atomic E-state index is 0.205. The second-order valence-electron chi connectivity index (χ2n) is 3.80. The van der Waals surface area contributed by atoms with Crippen LogP contribution >= 0.6 is 0 Å². The Morgan fingerprint density at radius 3 is 3.19 bits per heavy atom. The Kier molecular flexibility index (Phi) is 3.53. The van der Waals surface area contributed by atoms with Crippen molar-refractivity contribution in [3.8, 4) is 0 Å². The monoisotopic (exact) mass is 217 g/mol. The standard InChI is InChI=1S/C12H15N3O/c16-11-5-1-3-10(9-11)4-2-6-13-12-14-7-8-15-12/h1,3,5,7-8H,2,4,6,9H2,(H2,13,14,15). The fraction of sp³-hybridized carbons (Fsp3) is 0.333. The Bertz CT molecular complexity index is 404. The summed E-state index contributed by atoms with van der Waals surface area (Å²) in [7, 11) is 0. The van der Waals surface area contributed by atoms with Crippen LogP contribution in [0.5, 0.6) is 0 Å². The number of hydrogen-bond donors (Lipinski definition) is 2. The van der Waals surface area contributed by atoms with E-state index in [0.717, 1.165) is 25.3 Å². The first kappa shape index (κ1) is 10.7. The number of H-pyrrole nitrogens is 1. The molecular formula is C12H15N3O. The van der Waals surface area contributed by atoms with Gasteiger partial charge in [0.25, 0.3) is 0 Å². The van der Waals surface area contributed by atoms with E-state index in [-0.39, 0.29) is 5.78 Å². The summed E-state index contributed by atoms with van der Waals surface area (Å²) in [5.41, 5.74) is 1.22. The third-order valence-corrected chi connectivity index (χ3v) is 2.48. The van der Waals surface area contributed by atoms with E-state index in [0.29, 0.717) is 6.42 Å². The average Bonchev–Trinajstić information content (AvgIpc) is 2.77. The van der Waals surface area contributed by atoms with Gasteiger partial charge in [-0.25, -0.2) is 4.98 Å². The van der Waals surface area contributed by atoms with Crippen molar-refractivity contribution in [3.63, 3.8) is 0 Å². The van der Waals surface area contributed by atoms with Crippen molar-refractivity contribution >= 4 is 11.7 Å². The third-order valence-electron chi connectivity index (χ3n) is 2.48. The van der Waals surface area contributed by atoms with Crippen LogP contribution in [0, 0.1) is 0 Å². The number of aromatic amines is 1. The summed E-state index contributed by atoms with van der Waals surface area (Å²) in [5, 5.41) is 3.18. The first-order valence-electron chi connectivity index (χ1n) is 5.47. The molecule has 0 unspecified atom stereocenters.